The van der Waals surface area contributed by atoms with E-state index in [0.29, 0.717) is 29.6 Å². The molecule has 2 nitrogen and oxygen atoms in total. The summed E-state index contributed by atoms with van der Waals surface area (Å²) in [5.41, 5.74) is 0. The van der Waals surface area contributed by atoms with Gasteiger partial charge >= 0.3 is 0 Å². The van der Waals surface area contributed by atoms with Crippen molar-refractivity contribution < 1.29 is 4.79 Å². The van der Waals surface area contributed by atoms with E-state index in [0.717, 1.165) is 23.7 Å². The first-order valence-electron chi connectivity index (χ1n) is 9.04. The van der Waals surface area contributed by atoms with Crippen molar-refractivity contribution in [3.63, 3.8) is 0 Å². The molecule has 1 N–H and O–H groups in total. The highest BCUT2D eigenvalue weighted by atomic mass is 79.9. The Balaban J connectivity index is 1.53. The highest BCUT2D eigenvalue weighted by Crippen LogP contribution is 2.56. The molecule has 4 rings (SSSR count). The van der Waals surface area contributed by atoms with Crippen LogP contribution in [0.2, 0.25) is 0 Å². The fourth-order valence-corrected chi connectivity index (χ4v) is 6.27. The van der Waals surface area contributed by atoms with Crippen molar-refractivity contribution in [1.29, 1.82) is 0 Å². The zero-order valence-corrected chi connectivity index (χ0v) is 14.9. The van der Waals surface area contributed by atoms with Crippen LogP contribution < -0.4 is 5.32 Å². The second-order valence-electron chi connectivity index (χ2n) is 7.83. The Morgan fingerprint density at radius 3 is 2.24 bits per heavy atom. The normalized spacial score (nSPS) is 38.5. The second-order valence-corrected chi connectivity index (χ2v) is 8.63. The lowest BCUT2D eigenvalue weighted by Gasteiger charge is -2.53. The molecule has 4 fully saturated rings. The largest absolute Gasteiger partial charge is 0.356 e. The van der Waals surface area contributed by atoms with Crippen molar-refractivity contribution >= 4 is 21.8 Å². The van der Waals surface area contributed by atoms with Crippen LogP contribution in [0.3, 0.4) is 0 Å². The predicted molar refractivity (Wildman–Crippen MR) is 90.4 cm³/mol. The Hall–Kier alpha value is -0.0500. The highest BCUT2D eigenvalue weighted by molar-refractivity contribution is 9.09. The summed E-state index contributed by atoms with van der Waals surface area (Å²) in [4.78, 5) is 12.7. The van der Waals surface area contributed by atoms with Crippen LogP contribution in [0.4, 0.5) is 0 Å². The second kappa shape index (κ2) is 7.02. The van der Waals surface area contributed by atoms with E-state index < -0.39 is 0 Å². The fraction of sp³-hybridized carbons (Fsp3) is 0.944. The number of carbonyl (C=O) groups is 1. The molecule has 0 heterocycles. The van der Waals surface area contributed by atoms with Gasteiger partial charge in [0.25, 0.3) is 0 Å². The van der Waals surface area contributed by atoms with Crippen LogP contribution in [-0.4, -0.2) is 17.8 Å². The van der Waals surface area contributed by atoms with E-state index in [1.54, 1.807) is 0 Å². The Kier molecular flexibility index (Phi) is 5.29. The van der Waals surface area contributed by atoms with Gasteiger partial charge in [-0.05, 0) is 74.5 Å². The van der Waals surface area contributed by atoms with Crippen LogP contribution in [0.1, 0.15) is 58.3 Å². The molecule has 0 aromatic rings. The van der Waals surface area contributed by atoms with Crippen LogP contribution in [0.5, 0.6) is 0 Å². The van der Waals surface area contributed by atoms with E-state index in [-0.39, 0.29) is 0 Å². The van der Waals surface area contributed by atoms with Gasteiger partial charge in [-0.3, -0.25) is 4.79 Å². The first kappa shape index (κ1) is 15.8. The lowest BCUT2D eigenvalue weighted by atomic mass is 9.51. The number of hydrogen-bond acceptors (Lipinski definition) is 1. The van der Waals surface area contributed by atoms with Crippen LogP contribution >= 0.6 is 15.9 Å². The maximum absolute atomic E-state index is 12.7. The average Bonchev–Trinajstić information content (AvgIpc) is 2.44. The zero-order valence-electron chi connectivity index (χ0n) is 13.3. The summed E-state index contributed by atoms with van der Waals surface area (Å²) in [5.74, 6) is 4.72. The van der Waals surface area contributed by atoms with Crippen molar-refractivity contribution in [3.8, 4) is 0 Å². The molecule has 4 bridgehead atoms. The molecular formula is C18H30BrNO. The van der Waals surface area contributed by atoms with Gasteiger partial charge in [0.15, 0.2) is 0 Å². The van der Waals surface area contributed by atoms with Gasteiger partial charge in [-0.1, -0.05) is 29.3 Å². The van der Waals surface area contributed by atoms with Crippen molar-refractivity contribution in [2.24, 2.45) is 35.5 Å². The van der Waals surface area contributed by atoms with E-state index in [9.17, 15) is 4.79 Å². The van der Waals surface area contributed by atoms with Crippen molar-refractivity contribution in [1.82, 2.24) is 5.32 Å². The molecule has 120 valence electrons. The molecule has 1 unspecified atom stereocenters. The van der Waals surface area contributed by atoms with E-state index in [4.69, 9.17) is 0 Å². The molecule has 4 aliphatic carbocycles. The van der Waals surface area contributed by atoms with Crippen LogP contribution in [0.25, 0.3) is 0 Å². The number of nitrogens with one attached hydrogen (secondary N) is 1. The zero-order chi connectivity index (χ0) is 14.8. The summed E-state index contributed by atoms with van der Waals surface area (Å²) in [5, 5.41) is 4.37. The lowest BCUT2D eigenvalue weighted by Crippen LogP contribution is -2.51. The number of alkyl halides is 1. The van der Waals surface area contributed by atoms with Crippen LogP contribution in [-0.2, 0) is 4.79 Å². The van der Waals surface area contributed by atoms with Gasteiger partial charge in [0.2, 0.25) is 5.91 Å². The van der Waals surface area contributed by atoms with E-state index >= 15 is 0 Å². The summed E-state index contributed by atoms with van der Waals surface area (Å²) >= 11 is 3.54. The minimum Gasteiger partial charge on any atom is -0.356 e. The smallest absolute Gasteiger partial charge is 0.223 e. The number of hydrogen-bond donors (Lipinski definition) is 1. The maximum Gasteiger partial charge on any atom is 0.223 e. The van der Waals surface area contributed by atoms with Gasteiger partial charge in [-0.25, -0.2) is 0 Å². The molecule has 1 amide bonds. The first-order valence-corrected chi connectivity index (χ1v) is 10.2. The molecule has 0 aliphatic heterocycles. The molecule has 0 aromatic heterocycles. The number of rotatable bonds is 7. The molecule has 1 atom stereocenters. The summed E-state index contributed by atoms with van der Waals surface area (Å²) in [7, 11) is 0. The third kappa shape index (κ3) is 3.48. The maximum atomic E-state index is 12.7. The number of carbonyl (C=O) groups excluding carboxylic acids is 1. The molecular weight excluding hydrogens is 326 g/mol. The monoisotopic (exact) mass is 355 g/mol. The Bertz CT molecular complexity index is 336. The lowest BCUT2D eigenvalue weighted by molar-refractivity contribution is -0.138. The third-order valence-corrected chi connectivity index (χ3v) is 6.77. The van der Waals surface area contributed by atoms with Crippen LogP contribution in [0.15, 0.2) is 0 Å². The minimum atomic E-state index is 0.351. The first-order chi connectivity index (χ1) is 10.2. The Labute approximate surface area is 138 Å². The van der Waals surface area contributed by atoms with Gasteiger partial charge in [0, 0.05) is 17.8 Å². The molecule has 0 aromatic carbocycles. The van der Waals surface area contributed by atoms with Crippen molar-refractivity contribution in [3.05, 3.63) is 0 Å². The summed E-state index contributed by atoms with van der Waals surface area (Å²) < 4.78 is 0. The Morgan fingerprint density at radius 2 is 1.71 bits per heavy atom. The highest BCUT2D eigenvalue weighted by Gasteiger charge is 2.50. The molecule has 3 heteroatoms. The number of halogens is 1. The topological polar surface area (TPSA) is 29.1 Å². The minimum absolute atomic E-state index is 0.351. The summed E-state index contributed by atoms with van der Waals surface area (Å²) in [6.45, 7) is 3.13. The molecule has 4 saturated carbocycles. The summed E-state index contributed by atoms with van der Waals surface area (Å²) in [6, 6.07) is 0. The molecule has 21 heavy (non-hydrogen) atoms. The van der Waals surface area contributed by atoms with Crippen molar-refractivity contribution in [2.75, 3.05) is 11.9 Å². The van der Waals surface area contributed by atoms with Crippen LogP contribution in [0, 0.1) is 35.5 Å². The van der Waals surface area contributed by atoms with Gasteiger partial charge in [-0.2, -0.15) is 0 Å². The number of amides is 1. The standard InChI is InChI=1S/C18H30BrNO/c1-2-3-12(4-5-19)11-20-18(21)17-15-7-13-6-14(9-15)10-16(17)8-13/h12-17H,2-11H2,1H3,(H,20,21). The van der Waals surface area contributed by atoms with E-state index in [1.807, 2.05) is 0 Å². The van der Waals surface area contributed by atoms with E-state index in [2.05, 4.69) is 28.2 Å². The van der Waals surface area contributed by atoms with Gasteiger partial charge in [-0.15, -0.1) is 0 Å². The fourth-order valence-electron chi connectivity index (χ4n) is 5.63. The average molecular weight is 356 g/mol. The molecule has 0 saturated heterocycles. The van der Waals surface area contributed by atoms with Gasteiger partial charge < -0.3 is 5.32 Å². The molecule has 4 aliphatic rings. The predicted octanol–water partition coefficient (Wildman–Crippen LogP) is 4.38. The van der Waals surface area contributed by atoms with Crippen molar-refractivity contribution in [2.45, 2.75) is 58.3 Å². The quantitative estimate of drug-likeness (QED) is 0.674. The van der Waals surface area contributed by atoms with Gasteiger partial charge in [0.05, 0.1) is 0 Å². The van der Waals surface area contributed by atoms with Gasteiger partial charge in [0.1, 0.15) is 0 Å². The SMILES string of the molecule is CCCC(CCBr)CNC(=O)C1C2CC3CC(C2)CC1C3. The molecule has 0 spiro atoms. The Morgan fingerprint density at radius 1 is 1.10 bits per heavy atom. The molecule has 0 radical (unpaired) electrons. The van der Waals surface area contributed by atoms with E-state index in [1.165, 1.54) is 51.4 Å². The third-order valence-electron chi connectivity index (χ3n) is 6.31. The summed E-state index contributed by atoms with van der Waals surface area (Å²) in [6.07, 6.45) is 10.4.